The highest BCUT2D eigenvalue weighted by atomic mass is 19.4. The van der Waals surface area contributed by atoms with Crippen LogP contribution < -0.4 is 10.9 Å². The van der Waals surface area contributed by atoms with Crippen molar-refractivity contribution in [3.8, 4) is 11.1 Å². The van der Waals surface area contributed by atoms with Crippen LogP contribution in [0.3, 0.4) is 0 Å². The molecule has 1 amide bonds. The molecule has 122 valence electrons. The van der Waals surface area contributed by atoms with Gasteiger partial charge in [-0.2, -0.15) is 13.2 Å². The van der Waals surface area contributed by atoms with Crippen LogP contribution in [-0.4, -0.2) is 23.6 Å². The Kier molecular flexibility index (Phi) is 4.58. The molecule has 1 aromatic carbocycles. The molecule has 0 atom stereocenters. The molecule has 23 heavy (non-hydrogen) atoms. The Bertz CT molecular complexity index is 795. The third-order valence-corrected chi connectivity index (χ3v) is 3.38. The van der Waals surface area contributed by atoms with E-state index in [1.807, 2.05) is 6.92 Å². The minimum absolute atomic E-state index is 0.0596. The molecule has 0 spiro atoms. The van der Waals surface area contributed by atoms with Gasteiger partial charge in [-0.25, -0.2) is 0 Å². The van der Waals surface area contributed by atoms with Gasteiger partial charge in [0.1, 0.15) is 6.54 Å². The lowest BCUT2D eigenvalue weighted by Crippen LogP contribution is -2.33. The van der Waals surface area contributed by atoms with Crippen molar-refractivity contribution in [3.63, 3.8) is 0 Å². The van der Waals surface area contributed by atoms with E-state index >= 15 is 0 Å². The fourth-order valence-electron chi connectivity index (χ4n) is 2.05. The van der Waals surface area contributed by atoms with Crippen molar-refractivity contribution in [1.82, 2.24) is 10.3 Å². The summed E-state index contributed by atoms with van der Waals surface area (Å²) in [6, 6.07) is 7.61. The topological polar surface area (TPSA) is 62.0 Å². The summed E-state index contributed by atoms with van der Waals surface area (Å²) in [5.41, 5.74) is 2.17. The summed E-state index contributed by atoms with van der Waals surface area (Å²) >= 11 is 0. The van der Waals surface area contributed by atoms with Crippen LogP contribution in [-0.2, 0) is 0 Å². The van der Waals surface area contributed by atoms with Gasteiger partial charge in [0.15, 0.2) is 0 Å². The van der Waals surface area contributed by atoms with Crippen LogP contribution in [0.2, 0.25) is 0 Å². The fraction of sp³-hybridized carbons (Fsp3) is 0.250. The maximum atomic E-state index is 12.2. The van der Waals surface area contributed by atoms with Gasteiger partial charge in [-0.1, -0.05) is 12.1 Å². The predicted octanol–water partition coefficient (Wildman–Crippen LogP) is 2.95. The van der Waals surface area contributed by atoms with Gasteiger partial charge in [-0.05, 0) is 43.2 Å². The first-order chi connectivity index (χ1) is 10.7. The number of hydrogen-bond acceptors (Lipinski definition) is 2. The van der Waals surface area contributed by atoms with Crippen LogP contribution in [0.5, 0.6) is 0 Å². The van der Waals surface area contributed by atoms with Crippen molar-refractivity contribution in [2.24, 2.45) is 0 Å². The van der Waals surface area contributed by atoms with E-state index in [0.717, 1.165) is 11.3 Å². The highest BCUT2D eigenvalue weighted by Crippen LogP contribution is 2.19. The molecule has 4 nitrogen and oxygen atoms in total. The zero-order chi connectivity index (χ0) is 17.2. The Morgan fingerprint density at radius 3 is 2.57 bits per heavy atom. The summed E-state index contributed by atoms with van der Waals surface area (Å²) in [5, 5.41) is 1.80. The number of pyridine rings is 1. The van der Waals surface area contributed by atoms with Crippen molar-refractivity contribution < 1.29 is 18.0 Å². The van der Waals surface area contributed by atoms with Gasteiger partial charge in [0.05, 0.1) is 0 Å². The van der Waals surface area contributed by atoms with Crippen molar-refractivity contribution in [2.75, 3.05) is 6.54 Å². The maximum absolute atomic E-state index is 12.2. The molecule has 0 bridgehead atoms. The van der Waals surface area contributed by atoms with Crippen molar-refractivity contribution in [2.45, 2.75) is 20.0 Å². The van der Waals surface area contributed by atoms with Gasteiger partial charge >= 0.3 is 6.18 Å². The Balaban J connectivity index is 2.32. The van der Waals surface area contributed by atoms with Crippen molar-refractivity contribution in [3.05, 3.63) is 57.5 Å². The predicted molar refractivity (Wildman–Crippen MR) is 80.4 cm³/mol. The van der Waals surface area contributed by atoms with Crippen LogP contribution >= 0.6 is 0 Å². The second-order valence-electron chi connectivity index (χ2n) is 5.20. The average Bonchev–Trinajstić information content (AvgIpc) is 2.48. The van der Waals surface area contributed by atoms with E-state index in [0.29, 0.717) is 11.1 Å². The number of halogens is 3. The molecule has 7 heteroatoms. The van der Waals surface area contributed by atoms with Crippen LogP contribution in [0.25, 0.3) is 11.1 Å². The normalized spacial score (nSPS) is 11.3. The SMILES string of the molecule is Cc1cc(-c2cccc(C(=O)NCC(F)(F)F)c2)c(=O)[nH]c1C. The molecule has 0 saturated carbocycles. The largest absolute Gasteiger partial charge is 0.405 e. The van der Waals surface area contributed by atoms with Crippen LogP contribution in [0.4, 0.5) is 13.2 Å². The molecule has 0 aliphatic heterocycles. The van der Waals surface area contributed by atoms with Gasteiger partial charge in [-0.15, -0.1) is 0 Å². The van der Waals surface area contributed by atoms with Gasteiger partial charge in [0.2, 0.25) is 0 Å². The number of benzene rings is 1. The molecule has 2 N–H and O–H groups in total. The summed E-state index contributed by atoms with van der Waals surface area (Å²) in [6.07, 6.45) is -4.47. The number of hydrogen-bond donors (Lipinski definition) is 2. The Hall–Kier alpha value is -2.57. The monoisotopic (exact) mass is 324 g/mol. The van der Waals surface area contributed by atoms with Gasteiger partial charge in [0, 0.05) is 16.8 Å². The van der Waals surface area contributed by atoms with Crippen LogP contribution in [0.1, 0.15) is 21.6 Å². The second-order valence-corrected chi connectivity index (χ2v) is 5.20. The van der Waals surface area contributed by atoms with Gasteiger partial charge < -0.3 is 10.3 Å². The average molecular weight is 324 g/mol. The van der Waals surface area contributed by atoms with Crippen molar-refractivity contribution >= 4 is 5.91 Å². The Morgan fingerprint density at radius 1 is 1.22 bits per heavy atom. The quantitative estimate of drug-likeness (QED) is 0.912. The molecule has 0 aliphatic rings. The minimum Gasteiger partial charge on any atom is -0.343 e. The zero-order valence-electron chi connectivity index (χ0n) is 12.5. The molecule has 1 heterocycles. The number of nitrogens with one attached hydrogen (secondary N) is 2. The molecule has 0 radical (unpaired) electrons. The molecular weight excluding hydrogens is 309 g/mol. The van der Waals surface area contributed by atoms with E-state index in [-0.39, 0.29) is 11.1 Å². The standard InChI is InChI=1S/C16H15F3N2O2/c1-9-6-13(15(23)21-10(9)2)11-4-3-5-12(7-11)14(22)20-8-16(17,18)19/h3-7H,8H2,1-2H3,(H,20,22)(H,21,23). The number of alkyl halides is 3. The number of carbonyl (C=O) groups excluding carboxylic acids is 1. The first-order valence-electron chi connectivity index (χ1n) is 6.83. The van der Waals surface area contributed by atoms with Gasteiger partial charge in [-0.3, -0.25) is 9.59 Å². The van der Waals surface area contributed by atoms with E-state index in [1.54, 1.807) is 24.4 Å². The maximum Gasteiger partial charge on any atom is 0.405 e. The highest BCUT2D eigenvalue weighted by molar-refractivity contribution is 5.95. The molecule has 1 aromatic heterocycles. The van der Waals surface area contributed by atoms with Crippen molar-refractivity contribution in [1.29, 1.82) is 0 Å². The van der Waals surface area contributed by atoms with E-state index in [1.165, 1.54) is 18.2 Å². The van der Waals surface area contributed by atoms with E-state index < -0.39 is 18.6 Å². The Labute approximate surface area is 130 Å². The number of aromatic amines is 1. The lowest BCUT2D eigenvalue weighted by Gasteiger charge is -2.10. The molecular formula is C16H15F3N2O2. The molecule has 0 fully saturated rings. The van der Waals surface area contributed by atoms with Crippen LogP contribution in [0, 0.1) is 13.8 Å². The lowest BCUT2D eigenvalue weighted by molar-refractivity contribution is -0.123. The van der Waals surface area contributed by atoms with E-state index in [4.69, 9.17) is 0 Å². The second kappa shape index (κ2) is 6.28. The molecule has 0 unspecified atom stereocenters. The van der Waals surface area contributed by atoms with Crippen LogP contribution in [0.15, 0.2) is 35.1 Å². The van der Waals surface area contributed by atoms with Gasteiger partial charge in [0.25, 0.3) is 11.5 Å². The number of amides is 1. The summed E-state index contributed by atoms with van der Waals surface area (Å²) in [6.45, 7) is 2.19. The third kappa shape index (κ3) is 4.21. The zero-order valence-corrected chi connectivity index (χ0v) is 12.5. The smallest absolute Gasteiger partial charge is 0.343 e. The summed E-state index contributed by atoms with van der Waals surface area (Å²) in [4.78, 5) is 26.5. The van der Waals surface area contributed by atoms with E-state index in [9.17, 15) is 22.8 Å². The molecule has 0 aliphatic carbocycles. The number of carbonyl (C=O) groups is 1. The minimum atomic E-state index is -4.47. The fourth-order valence-corrected chi connectivity index (χ4v) is 2.05. The molecule has 2 rings (SSSR count). The highest BCUT2D eigenvalue weighted by Gasteiger charge is 2.27. The summed E-state index contributed by atoms with van der Waals surface area (Å²) in [7, 11) is 0. The first kappa shape index (κ1) is 16.8. The number of aryl methyl sites for hydroxylation is 2. The number of rotatable bonds is 3. The molecule has 0 saturated heterocycles. The molecule has 2 aromatic rings. The first-order valence-corrected chi connectivity index (χ1v) is 6.83. The number of H-pyrrole nitrogens is 1. The summed E-state index contributed by atoms with van der Waals surface area (Å²) < 4.78 is 36.5. The van der Waals surface area contributed by atoms with E-state index in [2.05, 4.69) is 4.98 Å². The lowest BCUT2D eigenvalue weighted by atomic mass is 10.0. The Morgan fingerprint density at radius 2 is 1.91 bits per heavy atom. The number of aromatic nitrogens is 1. The third-order valence-electron chi connectivity index (χ3n) is 3.38. The summed E-state index contributed by atoms with van der Waals surface area (Å²) in [5.74, 6) is -0.843.